The van der Waals surface area contributed by atoms with Gasteiger partial charge in [-0.2, -0.15) is 5.10 Å². The zero-order valence-corrected chi connectivity index (χ0v) is 17.1. The Morgan fingerprint density at radius 1 is 1.20 bits per heavy atom. The molecule has 2 N–H and O–H groups in total. The fourth-order valence-electron chi connectivity index (χ4n) is 3.08. The second-order valence-electron chi connectivity index (χ2n) is 6.73. The molecule has 152 valence electrons. The van der Waals surface area contributed by atoms with Crippen molar-refractivity contribution in [2.45, 2.75) is 20.3 Å². The van der Waals surface area contributed by atoms with Crippen LogP contribution in [0.5, 0.6) is 11.5 Å². The molecule has 0 aliphatic carbocycles. The van der Waals surface area contributed by atoms with Crippen LogP contribution in [0.1, 0.15) is 27.2 Å². The number of rotatable bonds is 6. The van der Waals surface area contributed by atoms with Crippen molar-refractivity contribution in [2.75, 3.05) is 5.32 Å². The minimum atomic E-state index is -1.01. The average molecular weight is 422 g/mol. The summed E-state index contributed by atoms with van der Waals surface area (Å²) in [7, 11) is 0. The van der Waals surface area contributed by atoms with Gasteiger partial charge in [-0.15, -0.1) is 11.3 Å². The Morgan fingerprint density at radius 3 is 2.63 bits per heavy atom. The molecular weight excluding hydrogens is 404 g/mol. The van der Waals surface area contributed by atoms with Gasteiger partial charge >= 0.3 is 5.97 Å². The van der Waals surface area contributed by atoms with E-state index < -0.39 is 5.97 Å². The normalized spacial score (nSPS) is 10.9. The van der Waals surface area contributed by atoms with Gasteiger partial charge in [-0.25, -0.2) is 14.3 Å². The van der Waals surface area contributed by atoms with Gasteiger partial charge in [0.15, 0.2) is 10.9 Å². The number of carboxylic acid groups (broad SMARTS) is 1. The minimum Gasteiger partial charge on any atom is -0.478 e. The summed E-state index contributed by atoms with van der Waals surface area (Å²) in [5, 5.41) is 18.7. The molecule has 0 radical (unpaired) electrons. The molecule has 0 unspecified atom stereocenters. The van der Waals surface area contributed by atoms with Crippen molar-refractivity contribution in [2.24, 2.45) is 0 Å². The van der Waals surface area contributed by atoms with Crippen molar-refractivity contribution >= 4 is 33.9 Å². The number of hydrogen-bond acceptors (Lipinski definition) is 6. The highest BCUT2D eigenvalue weighted by atomic mass is 32.1. The number of aromatic carboxylic acids is 1. The lowest BCUT2D eigenvalue weighted by molar-refractivity contribution is -0.115. The van der Waals surface area contributed by atoms with E-state index in [0.29, 0.717) is 27.7 Å². The number of benzene rings is 1. The third-order valence-electron chi connectivity index (χ3n) is 4.50. The number of anilines is 1. The number of hydrogen-bond donors (Lipinski definition) is 2. The molecular formula is C21H18N4O4S. The number of aromatic nitrogens is 3. The first kappa shape index (κ1) is 19.6. The lowest BCUT2D eigenvalue weighted by atomic mass is 10.1. The summed E-state index contributed by atoms with van der Waals surface area (Å²) in [6.07, 6.45) is 3.23. The van der Waals surface area contributed by atoms with E-state index in [1.165, 1.54) is 22.0 Å². The molecule has 4 rings (SSSR count). The zero-order valence-electron chi connectivity index (χ0n) is 16.2. The van der Waals surface area contributed by atoms with Crippen molar-refractivity contribution in [3.63, 3.8) is 0 Å². The standard InChI is InChI=1S/C21H18N4O4S/c1-12-11-30-21(23-12)24-18(26)9-14-3-5-15(6-4-14)29-17-7-8-22-25-10-16(20(27)28)13(2)19(17)25/h3-8,10-11H,9H2,1-2H3,(H,27,28)(H,23,24,26). The zero-order chi connectivity index (χ0) is 21.3. The summed E-state index contributed by atoms with van der Waals surface area (Å²) in [4.78, 5) is 27.8. The first-order chi connectivity index (χ1) is 14.4. The maximum Gasteiger partial charge on any atom is 0.337 e. The number of aryl methyl sites for hydroxylation is 2. The van der Waals surface area contributed by atoms with Gasteiger partial charge in [0.25, 0.3) is 0 Å². The molecule has 4 aromatic rings. The highest BCUT2D eigenvalue weighted by Gasteiger charge is 2.17. The number of thiazole rings is 1. The quantitative estimate of drug-likeness (QED) is 0.485. The van der Waals surface area contributed by atoms with Gasteiger partial charge in [0, 0.05) is 17.6 Å². The number of nitrogens with one attached hydrogen (secondary N) is 1. The van der Waals surface area contributed by atoms with Crippen LogP contribution < -0.4 is 10.1 Å². The molecule has 1 amide bonds. The van der Waals surface area contributed by atoms with Crippen LogP contribution in [0.25, 0.3) is 5.52 Å². The molecule has 3 aromatic heterocycles. The van der Waals surface area contributed by atoms with E-state index in [9.17, 15) is 14.7 Å². The van der Waals surface area contributed by atoms with E-state index >= 15 is 0 Å². The highest BCUT2D eigenvalue weighted by Crippen LogP contribution is 2.30. The van der Waals surface area contributed by atoms with Crippen molar-refractivity contribution in [1.29, 1.82) is 0 Å². The molecule has 0 bridgehead atoms. The summed E-state index contributed by atoms with van der Waals surface area (Å²) < 4.78 is 7.45. The maximum absolute atomic E-state index is 12.2. The van der Waals surface area contributed by atoms with Crippen LogP contribution in [-0.2, 0) is 11.2 Å². The Labute approximate surface area is 175 Å². The predicted octanol–water partition coefficient (Wildman–Crippen LogP) is 4.08. The van der Waals surface area contributed by atoms with Crippen LogP contribution in [-0.4, -0.2) is 31.6 Å². The molecule has 0 saturated carbocycles. The molecule has 1 aromatic carbocycles. The summed E-state index contributed by atoms with van der Waals surface area (Å²) in [5.41, 5.74) is 3.06. The molecule has 0 fully saturated rings. The number of amides is 1. The fourth-order valence-corrected chi connectivity index (χ4v) is 3.79. The van der Waals surface area contributed by atoms with Gasteiger partial charge in [0.05, 0.1) is 23.9 Å². The van der Waals surface area contributed by atoms with Crippen LogP contribution in [0.4, 0.5) is 5.13 Å². The van der Waals surface area contributed by atoms with Crippen LogP contribution in [0.3, 0.4) is 0 Å². The topological polar surface area (TPSA) is 106 Å². The summed E-state index contributed by atoms with van der Waals surface area (Å²) in [6.45, 7) is 3.60. The lowest BCUT2D eigenvalue weighted by Crippen LogP contribution is -2.14. The van der Waals surface area contributed by atoms with Crippen LogP contribution in [0, 0.1) is 13.8 Å². The second kappa shape index (κ2) is 7.96. The Morgan fingerprint density at radius 2 is 1.97 bits per heavy atom. The highest BCUT2D eigenvalue weighted by molar-refractivity contribution is 7.13. The number of ether oxygens (including phenoxy) is 1. The molecule has 0 aliphatic rings. The van der Waals surface area contributed by atoms with Crippen molar-refractivity contribution in [3.05, 3.63) is 70.5 Å². The van der Waals surface area contributed by atoms with Crippen molar-refractivity contribution in [1.82, 2.24) is 14.6 Å². The Bertz CT molecular complexity index is 1240. The van der Waals surface area contributed by atoms with Gasteiger partial charge in [0.1, 0.15) is 11.3 Å². The molecule has 0 spiro atoms. The SMILES string of the molecule is Cc1csc(NC(=O)Cc2ccc(Oc3ccnn4cc(C(=O)O)c(C)c34)cc2)n1. The van der Waals surface area contributed by atoms with E-state index in [4.69, 9.17) is 4.74 Å². The second-order valence-corrected chi connectivity index (χ2v) is 7.58. The van der Waals surface area contributed by atoms with Gasteiger partial charge in [0.2, 0.25) is 5.91 Å². The number of fused-ring (bicyclic) bond motifs is 1. The number of carboxylic acids is 1. The number of nitrogens with zero attached hydrogens (tertiary/aromatic N) is 3. The first-order valence-electron chi connectivity index (χ1n) is 9.09. The van der Waals surface area contributed by atoms with E-state index in [1.807, 2.05) is 24.4 Å². The molecule has 0 saturated heterocycles. The lowest BCUT2D eigenvalue weighted by Gasteiger charge is -2.09. The van der Waals surface area contributed by atoms with Crippen LogP contribution >= 0.6 is 11.3 Å². The van der Waals surface area contributed by atoms with Crippen LogP contribution in [0.15, 0.2) is 48.1 Å². The monoisotopic (exact) mass is 422 g/mol. The third-order valence-corrected chi connectivity index (χ3v) is 5.38. The Kier molecular flexibility index (Phi) is 5.20. The number of carbonyl (C=O) groups is 2. The fraction of sp³-hybridized carbons (Fsp3) is 0.143. The molecule has 0 aliphatic heterocycles. The predicted molar refractivity (Wildman–Crippen MR) is 113 cm³/mol. The molecule has 3 heterocycles. The van der Waals surface area contributed by atoms with E-state index in [1.54, 1.807) is 31.3 Å². The third kappa shape index (κ3) is 4.01. The van der Waals surface area contributed by atoms with Gasteiger partial charge < -0.3 is 15.2 Å². The van der Waals surface area contributed by atoms with Gasteiger partial charge in [-0.3, -0.25) is 4.79 Å². The van der Waals surface area contributed by atoms with Crippen molar-refractivity contribution < 1.29 is 19.4 Å². The summed E-state index contributed by atoms with van der Waals surface area (Å²) in [5.74, 6) is -0.0849. The Hall–Kier alpha value is -3.72. The van der Waals surface area contributed by atoms with E-state index in [2.05, 4.69) is 15.4 Å². The molecule has 9 heteroatoms. The maximum atomic E-state index is 12.2. The smallest absolute Gasteiger partial charge is 0.337 e. The minimum absolute atomic E-state index is 0.140. The van der Waals surface area contributed by atoms with Gasteiger partial charge in [-0.1, -0.05) is 12.1 Å². The van der Waals surface area contributed by atoms with E-state index in [0.717, 1.165) is 11.3 Å². The summed E-state index contributed by atoms with van der Waals surface area (Å²) >= 11 is 1.39. The molecule has 0 atom stereocenters. The first-order valence-corrected chi connectivity index (χ1v) is 9.97. The Balaban J connectivity index is 1.48. The summed E-state index contributed by atoms with van der Waals surface area (Å²) in [6, 6.07) is 8.85. The average Bonchev–Trinajstić information content (AvgIpc) is 3.27. The largest absolute Gasteiger partial charge is 0.478 e. The van der Waals surface area contributed by atoms with E-state index in [-0.39, 0.29) is 17.9 Å². The molecule has 30 heavy (non-hydrogen) atoms. The van der Waals surface area contributed by atoms with Crippen LogP contribution in [0.2, 0.25) is 0 Å². The number of carbonyl (C=O) groups excluding carboxylic acids is 1. The van der Waals surface area contributed by atoms with Crippen molar-refractivity contribution in [3.8, 4) is 11.5 Å². The molecule has 8 nitrogen and oxygen atoms in total. The van der Waals surface area contributed by atoms with Gasteiger partial charge in [-0.05, 0) is 37.1 Å².